The van der Waals surface area contributed by atoms with E-state index in [1.807, 2.05) is 6.92 Å². The predicted molar refractivity (Wildman–Crippen MR) is 75.0 cm³/mol. The zero-order chi connectivity index (χ0) is 13.5. The minimum atomic E-state index is -0.363. The first-order valence-electron chi connectivity index (χ1n) is 6.55. The molecule has 1 aromatic heterocycles. The highest BCUT2D eigenvalue weighted by Crippen LogP contribution is 2.21. The molecule has 0 aliphatic heterocycles. The van der Waals surface area contributed by atoms with Crippen LogP contribution >= 0.6 is 11.6 Å². The van der Waals surface area contributed by atoms with Crippen LogP contribution in [0.25, 0.3) is 0 Å². The van der Waals surface area contributed by atoms with Crippen LogP contribution in [0.5, 0.6) is 0 Å². The van der Waals surface area contributed by atoms with Crippen molar-refractivity contribution in [1.82, 2.24) is 9.97 Å². The maximum absolute atomic E-state index is 10.1. The molecule has 0 saturated carbocycles. The number of hydrogen-bond acceptors (Lipinski definition) is 4. The molecule has 0 radical (unpaired) electrons. The third-order valence-electron chi connectivity index (χ3n) is 3.32. The van der Waals surface area contributed by atoms with Gasteiger partial charge in [0.1, 0.15) is 17.3 Å². The fourth-order valence-corrected chi connectivity index (χ4v) is 2.32. The quantitative estimate of drug-likeness (QED) is 0.749. The molecule has 1 unspecified atom stereocenters. The van der Waals surface area contributed by atoms with Crippen LogP contribution in [0, 0.1) is 5.92 Å². The molecule has 0 aromatic carbocycles. The SMILES string of the molecule is CCc1c(Cl)ncnc1NCC(O)C(CC)CC. The van der Waals surface area contributed by atoms with Crippen molar-refractivity contribution in [1.29, 1.82) is 0 Å². The molecule has 18 heavy (non-hydrogen) atoms. The third kappa shape index (κ3) is 3.82. The summed E-state index contributed by atoms with van der Waals surface area (Å²) in [5.41, 5.74) is 0.899. The van der Waals surface area contributed by atoms with E-state index in [9.17, 15) is 5.11 Å². The summed E-state index contributed by atoms with van der Waals surface area (Å²) < 4.78 is 0. The van der Waals surface area contributed by atoms with Gasteiger partial charge < -0.3 is 10.4 Å². The maximum atomic E-state index is 10.1. The smallest absolute Gasteiger partial charge is 0.137 e. The van der Waals surface area contributed by atoms with Gasteiger partial charge in [0.2, 0.25) is 0 Å². The van der Waals surface area contributed by atoms with Gasteiger partial charge in [0, 0.05) is 12.1 Å². The molecule has 5 heteroatoms. The Morgan fingerprint density at radius 3 is 2.50 bits per heavy atom. The van der Waals surface area contributed by atoms with Gasteiger partial charge in [-0.3, -0.25) is 0 Å². The highest BCUT2D eigenvalue weighted by atomic mass is 35.5. The first-order chi connectivity index (χ1) is 8.63. The maximum Gasteiger partial charge on any atom is 0.137 e. The molecule has 0 bridgehead atoms. The number of hydrogen-bond donors (Lipinski definition) is 2. The fraction of sp³-hybridized carbons (Fsp3) is 0.692. The van der Waals surface area contributed by atoms with E-state index in [1.165, 1.54) is 6.33 Å². The lowest BCUT2D eigenvalue weighted by Gasteiger charge is -2.21. The first kappa shape index (κ1) is 15.2. The lowest BCUT2D eigenvalue weighted by Crippen LogP contribution is -2.28. The lowest BCUT2D eigenvalue weighted by molar-refractivity contribution is 0.114. The standard InChI is InChI=1S/C13H22ClN3O/c1-4-9(5-2)11(18)7-15-13-10(6-3)12(14)16-8-17-13/h8-9,11,18H,4-7H2,1-3H3,(H,15,16,17). The molecule has 0 spiro atoms. The zero-order valence-corrected chi connectivity index (χ0v) is 12.0. The van der Waals surface area contributed by atoms with Crippen LogP contribution in [0.1, 0.15) is 39.2 Å². The summed E-state index contributed by atoms with van der Waals surface area (Å²) in [5, 5.41) is 13.7. The predicted octanol–water partition coefficient (Wildman–Crippen LogP) is 2.90. The minimum Gasteiger partial charge on any atom is -0.391 e. The van der Waals surface area contributed by atoms with Gasteiger partial charge >= 0.3 is 0 Å². The van der Waals surface area contributed by atoms with Crippen LogP contribution < -0.4 is 5.32 Å². The number of aliphatic hydroxyl groups excluding tert-OH is 1. The Morgan fingerprint density at radius 1 is 1.28 bits per heavy atom. The van der Waals surface area contributed by atoms with Crippen LogP contribution in [-0.4, -0.2) is 27.7 Å². The van der Waals surface area contributed by atoms with Gasteiger partial charge in [0.25, 0.3) is 0 Å². The second-order valence-electron chi connectivity index (χ2n) is 4.37. The number of halogens is 1. The van der Waals surface area contributed by atoms with E-state index < -0.39 is 0 Å². The van der Waals surface area contributed by atoms with E-state index in [0.29, 0.717) is 17.6 Å². The summed E-state index contributed by atoms with van der Waals surface area (Å²) >= 11 is 6.01. The summed E-state index contributed by atoms with van der Waals surface area (Å²) in [6, 6.07) is 0. The van der Waals surface area contributed by atoms with E-state index in [2.05, 4.69) is 29.1 Å². The van der Waals surface area contributed by atoms with Gasteiger partial charge in [-0.25, -0.2) is 9.97 Å². The molecule has 1 rings (SSSR count). The van der Waals surface area contributed by atoms with Crippen molar-refractivity contribution in [3.8, 4) is 0 Å². The van der Waals surface area contributed by atoms with Gasteiger partial charge in [0.05, 0.1) is 6.10 Å². The molecule has 2 N–H and O–H groups in total. The van der Waals surface area contributed by atoms with Gasteiger partial charge in [-0.1, -0.05) is 45.2 Å². The summed E-state index contributed by atoms with van der Waals surface area (Å²) in [7, 11) is 0. The molecule has 0 saturated heterocycles. The summed E-state index contributed by atoms with van der Waals surface area (Å²) in [6.45, 7) is 6.69. The van der Waals surface area contributed by atoms with Crippen LogP contribution in [0.15, 0.2) is 6.33 Å². The minimum absolute atomic E-state index is 0.319. The van der Waals surface area contributed by atoms with Crippen molar-refractivity contribution in [2.75, 3.05) is 11.9 Å². The Hall–Kier alpha value is -0.870. The molecular weight excluding hydrogens is 250 g/mol. The van der Waals surface area contributed by atoms with Crippen LogP contribution in [-0.2, 0) is 6.42 Å². The highest BCUT2D eigenvalue weighted by molar-refractivity contribution is 6.30. The van der Waals surface area contributed by atoms with E-state index in [4.69, 9.17) is 11.6 Å². The average molecular weight is 272 g/mol. The molecule has 0 aliphatic rings. The Bertz CT molecular complexity index is 369. The molecule has 102 valence electrons. The summed E-state index contributed by atoms with van der Waals surface area (Å²) in [4.78, 5) is 8.13. The van der Waals surface area contributed by atoms with Crippen LogP contribution in [0.3, 0.4) is 0 Å². The Morgan fingerprint density at radius 2 is 1.94 bits per heavy atom. The number of nitrogens with zero attached hydrogens (tertiary/aromatic N) is 2. The lowest BCUT2D eigenvalue weighted by atomic mass is 9.96. The monoisotopic (exact) mass is 271 g/mol. The van der Waals surface area contributed by atoms with Gasteiger partial charge in [-0.2, -0.15) is 0 Å². The van der Waals surface area contributed by atoms with Crippen molar-refractivity contribution < 1.29 is 5.11 Å². The zero-order valence-electron chi connectivity index (χ0n) is 11.3. The third-order valence-corrected chi connectivity index (χ3v) is 3.64. The van der Waals surface area contributed by atoms with Gasteiger partial charge in [0.15, 0.2) is 0 Å². The number of aromatic nitrogens is 2. The van der Waals surface area contributed by atoms with E-state index in [-0.39, 0.29) is 6.10 Å². The van der Waals surface area contributed by atoms with E-state index in [0.717, 1.165) is 30.6 Å². The fourth-order valence-electron chi connectivity index (χ4n) is 2.06. The van der Waals surface area contributed by atoms with Gasteiger partial charge in [-0.15, -0.1) is 0 Å². The molecule has 1 atom stereocenters. The van der Waals surface area contributed by atoms with Crippen molar-refractivity contribution in [3.05, 3.63) is 17.0 Å². The van der Waals surface area contributed by atoms with Crippen LogP contribution in [0.2, 0.25) is 5.15 Å². The van der Waals surface area contributed by atoms with Crippen molar-refractivity contribution in [3.63, 3.8) is 0 Å². The number of nitrogens with one attached hydrogen (secondary N) is 1. The Kier molecular flexibility index (Phi) is 6.36. The van der Waals surface area contributed by atoms with Crippen molar-refractivity contribution >= 4 is 17.4 Å². The number of rotatable bonds is 7. The Labute approximate surface area is 114 Å². The Balaban J connectivity index is 2.66. The second-order valence-corrected chi connectivity index (χ2v) is 4.73. The number of aliphatic hydroxyl groups is 1. The van der Waals surface area contributed by atoms with Crippen molar-refractivity contribution in [2.45, 2.75) is 46.1 Å². The molecule has 0 amide bonds. The van der Waals surface area contributed by atoms with Gasteiger partial charge in [-0.05, 0) is 12.3 Å². The molecule has 1 heterocycles. The summed E-state index contributed by atoms with van der Waals surface area (Å²) in [6.07, 6.45) is 3.80. The largest absolute Gasteiger partial charge is 0.391 e. The second kappa shape index (κ2) is 7.54. The van der Waals surface area contributed by atoms with Crippen molar-refractivity contribution in [2.24, 2.45) is 5.92 Å². The van der Waals surface area contributed by atoms with E-state index >= 15 is 0 Å². The molecule has 4 nitrogen and oxygen atoms in total. The molecular formula is C13H22ClN3O. The van der Waals surface area contributed by atoms with E-state index in [1.54, 1.807) is 0 Å². The number of anilines is 1. The molecule has 0 fully saturated rings. The summed E-state index contributed by atoms with van der Waals surface area (Å²) in [5.74, 6) is 1.04. The highest BCUT2D eigenvalue weighted by Gasteiger charge is 2.16. The molecule has 1 aromatic rings. The topological polar surface area (TPSA) is 58.0 Å². The van der Waals surface area contributed by atoms with Crippen LogP contribution in [0.4, 0.5) is 5.82 Å². The first-order valence-corrected chi connectivity index (χ1v) is 6.93. The molecule has 0 aliphatic carbocycles. The average Bonchev–Trinajstić information content (AvgIpc) is 2.37. The normalized spacial score (nSPS) is 12.8.